The zero-order chi connectivity index (χ0) is 15.0. The summed E-state index contributed by atoms with van der Waals surface area (Å²) in [5.74, 6) is -3.45. The lowest BCUT2D eigenvalue weighted by Gasteiger charge is -2.06. The molecule has 0 aliphatic carbocycles. The van der Waals surface area contributed by atoms with Gasteiger partial charge in [0.15, 0.2) is 0 Å². The number of allylic oxidation sites excluding steroid dienone is 2. The van der Waals surface area contributed by atoms with Gasteiger partial charge in [0.2, 0.25) is 0 Å². The van der Waals surface area contributed by atoms with Gasteiger partial charge in [-0.2, -0.15) is 0 Å². The number of hydrogen-bond donors (Lipinski definition) is 1. The van der Waals surface area contributed by atoms with Crippen LogP contribution in [0.25, 0.3) is 0 Å². The molecule has 0 rings (SSSR count). The summed E-state index contributed by atoms with van der Waals surface area (Å²) in [6.07, 6.45) is 0.800. The Balaban J connectivity index is 5.47. The van der Waals surface area contributed by atoms with Crippen molar-refractivity contribution in [1.29, 1.82) is 0 Å². The van der Waals surface area contributed by atoms with Crippen molar-refractivity contribution >= 4 is 41.1 Å². The van der Waals surface area contributed by atoms with Crippen LogP contribution < -0.4 is 0 Å². The number of esters is 2. The topological polar surface area (TPSA) is 89.9 Å². The smallest absolute Gasteiger partial charge is 0.348 e. The van der Waals surface area contributed by atoms with Crippen molar-refractivity contribution in [3.05, 3.63) is 21.7 Å². The summed E-state index contributed by atoms with van der Waals surface area (Å²) in [6.45, 7) is 3.15. The standard InChI is InChI=1S/C11H12Cl2O6/c1-3-18-10(16)6(11(17)19-4-2)5-7(12)8(13)9(14)15/h5H,3-4H2,1-2H3,(H,14,15)/b8-7-. The number of carboxylic acid groups (broad SMARTS) is 1. The number of hydrogen-bond acceptors (Lipinski definition) is 5. The molecule has 106 valence electrons. The average Bonchev–Trinajstić information content (AvgIpc) is 2.34. The Bertz CT molecular complexity index is 418. The lowest BCUT2D eigenvalue weighted by atomic mass is 10.2. The number of aliphatic carboxylic acids is 1. The third kappa shape index (κ3) is 5.76. The van der Waals surface area contributed by atoms with Gasteiger partial charge >= 0.3 is 17.9 Å². The Labute approximate surface area is 119 Å². The van der Waals surface area contributed by atoms with Crippen LogP contribution in [0.15, 0.2) is 21.7 Å². The molecule has 0 heterocycles. The zero-order valence-electron chi connectivity index (χ0n) is 10.2. The summed E-state index contributed by atoms with van der Waals surface area (Å²) < 4.78 is 9.27. The number of ether oxygens (including phenoxy) is 2. The third-order valence-electron chi connectivity index (χ3n) is 1.66. The molecule has 0 amide bonds. The highest BCUT2D eigenvalue weighted by atomic mass is 35.5. The van der Waals surface area contributed by atoms with Gasteiger partial charge in [-0.25, -0.2) is 14.4 Å². The molecule has 0 aliphatic rings. The van der Waals surface area contributed by atoms with Gasteiger partial charge in [-0.3, -0.25) is 0 Å². The second-order valence-electron chi connectivity index (χ2n) is 2.97. The Morgan fingerprint density at radius 1 is 1.05 bits per heavy atom. The number of carboxylic acids is 1. The first-order chi connectivity index (χ1) is 8.84. The van der Waals surface area contributed by atoms with Gasteiger partial charge in [0, 0.05) is 0 Å². The van der Waals surface area contributed by atoms with Gasteiger partial charge in [0.05, 0.1) is 18.2 Å². The number of rotatable bonds is 6. The van der Waals surface area contributed by atoms with Crippen LogP contribution in [0.1, 0.15) is 13.8 Å². The van der Waals surface area contributed by atoms with E-state index in [0.29, 0.717) is 0 Å². The first kappa shape index (κ1) is 17.5. The van der Waals surface area contributed by atoms with Crippen molar-refractivity contribution in [2.75, 3.05) is 13.2 Å². The summed E-state index contributed by atoms with van der Waals surface area (Å²) in [5, 5.41) is 7.40. The minimum absolute atomic E-state index is 0.0313. The van der Waals surface area contributed by atoms with E-state index in [2.05, 4.69) is 9.47 Å². The van der Waals surface area contributed by atoms with Gasteiger partial charge < -0.3 is 14.6 Å². The van der Waals surface area contributed by atoms with Gasteiger partial charge in [-0.15, -0.1) is 0 Å². The molecule has 0 atom stereocenters. The normalized spacial score (nSPS) is 11.2. The minimum atomic E-state index is -1.49. The van der Waals surface area contributed by atoms with Gasteiger partial charge in [0.25, 0.3) is 0 Å². The maximum atomic E-state index is 11.5. The molecule has 1 N–H and O–H groups in total. The van der Waals surface area contributed by atoms with Crippen molar-refractivity contribution in [3.63, 3.8) is 0 Å². The highest BCUT2D eigenvalue weighted by Gasteiger charge is 2.22. The van der Waals surface area contributed by atoms with E-state index < -0.39 is 33.5 Å². The Morgan fingerprint density at radius 3 is 1.79 bits per heavy atom. The number of carbonyl (C=O) groups excluding carboxylic acids is 2. The minimum Gasteiger partial charge on any atom is -0.477 e. The van der Waals surface area contributed by atoms with E-state index in [1.165, 1.54) is 0 Å². The van der Waals surface area contributed by atoms with Crippen molar-refractivity contribution in [1.82, 2.24) is 0 Å². The van der Waals surface area contributed by atoms with Crippen LogP contribution in [0.5, 0.6) is 0 Å². The second-order valence-corrected chi connectivity index (χ2v) is 3.75. The lowest BCUT2D eigenvalue weighted by Crippen LogP contribution is -2.18. The van der Waals surface area contributed by atoms with Crippen LogP contribution in [-0.4, -0.2) is 36.2 Å². The van der Waals surface area contributed by atoms with E-state index in [9.17, 15) is 14.4 Å². The molecule has 0 radical (unpaired) electrons. The summed E-state index contributed by atoms with van der Waals surface area (Å²) in [7, 11) is 0. The first-order valence-electron chi connectivity index (χ1n) is 5.19. The Morgan fingerprint density at radius 2 is 1.47 bits per heavy atom. The second kappa shape index (κ2) is 8.55. The molecule has 0 bridgehead atoms. The summed E-state index contributed by atoms with van der Waals surface area (Å²) >= 11 is 11.0. The first-order valence-corrected chi connectivity index (χ1v) is 5.95. The van der Waals surface area contributed by atoms with Crippen LogP contribution >= 0.6 is 23.2 Å². The molecule has 0 saturated heterocycles. The summed E-state index contributed by atoms with van der Waals surface area (Å²) in [6, 6.07) is 0. The molecule has 6 nitrogen and oxygen atoms in total. The molecule has 0 aromatic rings. The molecule has 8 heteroatoms. The molecule has 0 spiro atoms. The Kier molecular flexibility index (Phi) is 7.86. The van der Waals surface area contributed by atoms with Crippen molar-refractivity contribution in [2.24, 2.45) is 0 Å². The Hall–Kier alpha value is -1.53. The zero-order valence-corrected chi connectivity index (χ0v) is 11.7. The molecule has 0 aromatic heterocycles. The lowest BCUT2D eigenvalue weighted by molar-refractivity contribution is -0.146. The molecule has 0 aliphatic heterocycles. The third-order valence-corrected chi connectivity index (χ3v) is 2.42. The van der Waals surface area contributed by atoms with Crippen LogP contribution in [0.4, 0.5) is 0 Å². The van der Waals surface area contributed by atoms with E-state index in [1.54, 1.807) is 13.8 Å². The van der Waals surface area contributed by atoms with Gasteiger partial charge in [-0.05, 0) is 19.9 Å². The predicted octanol–water partition coefficient (Wildman–Crippen LogP) is 1.81. The molecule has 19 heavy (non-hydrogen) atoms. The van der Waals surface area contributed by atoms with Crippen LogP contribution in [0.3, 0.4) is 0 Å². The van der Waals surface area contributed by atoms with E-state index in [-0.39, 0.29) is 13.2 Å². The predicted molar refractivity (Wildman–Crippen MR) is 67.7 cm³/mol. The van der Waals surface area contributed by atoms with Crippen molar-refractivity contribution in [3.8, 4) is 0 Å². The van der Waals surface area contributed by atoms with Crippen molar-refractivity contribution in [2.45, 2.75) is 13.8 Å². The largest absolute Gasteiger partial charge is 0.477 e. The fourth-order valence-corrected chi connectivity index (χ4v) is 1.16. The molecule has 0 aromatic carbocycles. The molecule has 0 unspecified atom stereocenters. The maximum absolute atomic E-state index is 11.5. The van der Waals surface area contributed by atoms with Crippen LogP contribution in [-0.2, 0) is 23.9 Å². The van der Waals surface area contributed by atoms with E-state index in [1.807, 2.05) is 0 Å². The number of halogens is 2. The van der Waals surface area contributed by atoms with E-state index in [0.717, 1.165) is 6.08 Å². The highest BCUT2D eigenvalue weighted by molar-refractivity contribution is 6.48. The maximum Gasteiger partial charge on any atom is 0.348 e. The van der Waals surface area contributed by atoms with Gasteiger partial charge in [0.1, 0.15) is 10.6 Å². The molecule has 0 fully saturated rings. The molecular weight excluding hydrogens is 299 g/mol. The number of carbonyl (C=O) groups is 3. The van der Waals surface area contributed by atoms with E-state index in [4.69, 9.17) is 28.3 Å². The fraction of sp³-hybridized carbons (Fsp3) is 0.364. The van der Waals surface area contributed by atoms with Gasteiger partial charge in [-0.1, -0.05) is 23.2 Å². The molecular formula is C11H12Cl2O6. The highest BCUT2D eigenvalue weighted by Crippen LogP contribution is 2.18. The average molecular weight is 311 g/mol. The monoisotopic (exact) mass is 310 g/mol. The van der Waals surface area contributed by atoms with Crippen molar-refractivity contribution < 1.29 is 29.0 Å². The summed E-state index contributed by atoms with van der Waals surface area (Å²) in [5.41, 5.74) is -0.534. The SMILES string of the molecule is CCOC(=O)C(=C/C(Cl)=C(/Cl)C(=O)O)C(=O)OCC. The summed E-state index contributed by atoms with van der Waals surface area (Å²) in [4.78, 5) is 33.6. The quantitative estimate of drug-likeness (QED) is 0.264. The molecule has 0 saturated carbocycles. The van der Waals surface area contributed by atoms with E-state index >= 15 is 0 Å². The fourth-order valence-electron chi connectivity index (χ4n) is 0.911. The van der Waals surface area contributed by atoms with Crippen LogP contribution in [0, 0.1) is 0 Å². The van der Waals surface area contributed by atoms with Crippen LogP contribution in [0.2, 0.25) is 0 Å².